The molecule has 1 aliphatic heterocycles. The lowest BCUT2D eigenvalue weighted by Gasteiger charge is -2.14. The molecule has 1 heterocycles. The van der Waals surface area contributed by atoms with Crippen molar-refractivity contribution in [1.82, 2.24) is 5.32 Å². The van der Waals surface area contributed by atoms with Gasteiger partial charge in [0.25, 0.3) is 5.24 Å². The fourth-order valence-corrected chi connectivity index (χ4v) is 4.45. The number of ether oxygens (including phenoxy) is 3. The lowest BCUT2D eigenvalue weighted by atomic mass is 10.1. The Morgan fingerprint density at radius 1 is 0.914 bits per heavy atom. The maximum atomic E-state index is 14.4. The molecular formula is C27H26FNO5S. The summed E-state index contributed by atoms with van der Waals surface area (Å²) in [6.45, 7) is 2.79. The number of carbonyl (C=O) groups is 2. The monoisotopic (exact) mass is 495 g/mol. The first-order valence-electron chi connectivity index (χ1n) is 11.5. The van der Waals surface area contributed by atoms with Gasteiger partial charge in [-0.3, -0.25) is 14.9 Å². The second-order valence-electron chi connectivity index (χ2n) is 7.95. The van der Waals surface area contributed by atoms with Crippen LogP contribution in [0.25, 0.3) is 0 Å². The van der Waals surface area contributed by atoms with Gasteiger partial charge in [-0.25, -0.2) is 4.39 Å². The zero-order chi connectivity index (χ0) is 24.6. The topological polar surface area (TPSA) is 73.9 Å². The second kappa shape index (κ2) is 11.8. The van der Waals surface area contributed by atoms with Crippen molar-refractivity contribution in [3.05, 3.63) is 83.7 Å². The Labute approximate surface area is 207 Å². The Morgan fingerprint density at radius 3 is 2.40 bits per heavy atom. The Hall–Kier alpha value is -3.52. The summed E-state index contributed by atoms with van der Waals surface area (Å²) in [5.41, 5.74) is 1.50. The van der Waals surface area contributed by atoms with Crippen LogP contribution in [0.3, 0.4) is 0 Å². The highest BCUT2D eigenvalue weighted by Gasteiger charge is 2.33. The van der Waals surface area contributed by atoms with E-state index < -0.39 is 22.2 Å². The minimum atomic E-state index is -0.735. The van der Waals surface area contributed by atoms with E-state index in [1.54, 1.807) is 6.07 Å². The quantitative estimate of drug-likeness (QED) is 0.309. The molecule has 6 nitrogen and oxygen atoms in total. The van der Waals surface area contributed by atoms with Gasteiger partial charge in [0.15, 0.2) is 11.6 Å². The van der Waals surface area contributed by atoms with Crippen LogP contribution >= 0.6 is 11.8 Å². The molecule has 1 atom stereocenters. The van der Waals surface area contributed by atoms with E-state index in [9.17, 15) is 14.0 Å². The van der Waals surface area contributed by atoms with Gasteiger partial charge in [-0.1, -0.05) is 37.6 Å². The van der Waals surface area contributed by atoms with Gasteiger partial charge in [-0.15, -0.1) is 0 Å². The zero-order valence-electron chi connectivity index (χ0n) is 19.3. The number of halogens is 1. The Balaban J connectivity index is 1.27. The molecule has 0 aliphatic carbocycles. The van der Waals surface area contributed by atoms with Gasteiger partial charge in [-0.05, 0) is 71.8 Å². The molecule has 3 aromatic carbocycles. The predicted octanol–water partition coefficient (Wildman–Crippen LogP) is 6.44. The smallest absolute Gasteiger partial charge is 0.286 e. The number of hydrogen-bond acceptors (Lipinski definition) is 6. The number of thioether (sulfide) groups is 1. The highest BCUT2D eigenvalue weighted by molar-refractivity contribution is 8.15. The van der Waals surface area contributed by atoms with Gasteiger partial charge in [0, 0.05) is 6.42 Å². The SMILES string of the molecule is CCCc1cc(OCCCOc2ccc(C3SC(=O)NC3=O)cc2F)ccc1Oc1ccccc1. The van der Waals surface area contributed by atoms with Crippen LogP contribution in [0.15, 0.2) is 66.7 Å². The molecule has 0 bridgehead atoms. The standard InChI is InChI=1S/C27H26FNO5S/c1-2-7-18-16-21(11-13-23(18)34-20-8-4-3-5-9-20)32-14-6-15-33-24-12-10-19(17-22(24)28)25-26(30)29-27(31)35-25/h3-5,8-13,16-17,25H,2,6-7,14-15H2,1H3,(H,29,30,31). The second-order valence-corrected chi connectivity index (χ2v) is 9.03. The van der Waals surface area contributed by atoms with Crippen LogP contribution in [0.5, 0.6) is 23.0 Å². The van der Waals surface area contributed by atoms with Crippen molar-refractivity contribution >= 4 is 22.9 Å². The molecular weight excluding hydrogens is 469 g/mol. The van der Waals surface area contributed by atoms with E-state index in [1.807, 2.05) is 48.5 Å². The third-order valence-corrected chi connectivity index (χ3v) is 6.32. The average molecular weight is 496 g/mol. The van der Waals surface area contributed by atoms with E-state index in [0.717, 1.165) is 47.4 Å². The first kappa shape index (κ1) is 24.6. The highest BCUT2D eigenvalue weighted by Crippen LogP contribution is 2.36. The molecule has 1 fully saturated rings. The van der Waals surface area contributed by atoms with E-state index in [4.69, 9.17) is 14.2 Å². The van der Waals surface area contributed by atoms with Crippen LogP contribution < -0.4 is 19.5 Å². The van der Waals surface area contributed by atoms with Crippen LogP contribution in [0.2, 0.25) is 0 Å². The number of aryl methyl sites for hydroxylation is 1. The summed E-state index contributed by atoms with van der Waals surface area (Å²) in [7, 11) is 0. The number of carbonyl (C=O) groups excluding carboxylic acids is 2. The van der Waals surface area contributed by atoms with Crippen molar-refractivity contribution in [2.45, 2.75) is 31.4 Å². The molecule has 1 saturated heterocycles. The van der Waals surface area contributed by atoms with E-state index >= 15 is 0 Å². The maximum absolute atomic E-state index is 14.4. The molecule has 0 radical (unpaired) electrons. The van der Waals surface area contributed by atoms with Crippen molar-refractivity contribution in [2.75, 3.05) is 13.2 Å². The molecule has 0 saturated carbocycles. The van der Waals surface area contributed by atoms with Gasteiger partial charge in [-0.2, -0.15) is 0 Å². The molecule has 1 N–H and O–H groups in total. The van der Waals surface area contributed by atoms with Gasteiger partial charge in [0.05, 0.1) is 13.2 Å². The van der Waals surface area contributed by atoms with E-state index in [-0.39, 0.29) is 12.4 Å². The zero-order valence-corrected chi connectivity index (χ0v) is 20.1. The lowest BCUT2D eigenvalue weighted by molar-refractivity contribution is -0.119. The van der Waals surface area contributed by atoms with Crippen LogP contribution in [0, 0.1) is 5.82 Å². The Kier molecular flexibility index (Phi) is 8.26. The van der Waals surface area contributed by atoms with Crippen molar-refractivity contribution in [3.8, 4) is 23.0 Å². The van der Waals surface area contributed by atoms with Crippen molar-refractivity contribution in [1.29, 1.82) is 0 Å². The molecule has 0 spiro atoms. The normalized spacial score (nSPS) is 15.1. The Morgan fingerprint density at radius 2 is 1.69 bits per heavy atom. The molecule has 2 amide bonds. The lowest BCUT2D eigenvalue weighted by Crippen LogP contribution is -2.20. The minimum absolute atomic E-state index is 0.0936. The highest BCUT2D eigenvalue weighted by atomic mass is 32.2. The molecule has 182 valence electrons. The van der Waals surface area contributed by atoms with Gasteiger partial charge in [0.1, 0.15) is 22.5 Å². The number of amides is 2. The molecule has 1 aliphatic rings. The molecule has 0 aromatic heterocycles. The number of rotatable bonds is 11. The van der Waals surface area contributed by atoms with Gasteiger partial charge < -0.3 is 14.2 Å². The summed E-state index contributed by atoms with van der Waals surface area (Å²) >= 11 is 0.837. The summed E-state index contributed by atoms with van der Waals surface area (Å²) in [5, 5.41) is 1.03. The fourth-order valence-electron chi connectivity index (χ4n) is 3.63. The summed E-state index contributed by atoms with van der Waals surface area (Å²) < 4.78 is 31.8. The molecule has 8 heteroatoms. The summed E-state index contributed by atoms with van der Waals surface area (Å²) in [6, 6.07) is 19.7. The third kappa shape index (κ3) is 6.54. The largest absolute Gasteiger partial charge is 0.493 e. The fraction of sp³-hybridized carbons (Fsp3) is 0.259. The molecule has 4 rings (SSSR count). The number of para-hydroxylation sites is 1. The first-order valence-corrected chi connectivity index (χ1v) is 12.3. The number of nitrogens with one attached hydrogen (secondary N) is 1. The number of hydrogen-bond donors (Lipinski definition) is 1. The van der Waals surface area contributed by atoms with Gasteiger partial charge in [0.2, 0.25) is 5.91 Å². The van der Waals surface area contributed by atoms with Gasteiger partial charge >= 0.3 is 0 Å². The third-order valence-electron chi connectivity index (χ3n) is 5.28. The van der Waals surface area contributed by atoms with Crippen molar-refractivity contribution < 1.29 is 28.2 Å². The predicted molar refractivity (Wildman–Crippen MR) is 133 cm³/mol. The molecule has 35 heavy (non-hydrogen) atoms. The number of imide groups is 1. The van der Waals surface area contributed by atoms with Crippen molar-refractivity contribution in [2.24, 2.45) is 0 Å². The number of benzene rings is 3. The molecule has 3 aromatic rings. The van der Waals surface area contributed by atoms with E-state index in [1.165, 1.54) is 12.1 Å². The molecule has 1 unspecified atom stereocenters. The maximum Gasteiger partial charge on any atom is 0.286 e. The van der Waals surface area contributed by atoms with Crippen LogP contribution in [-0.2, 0) is 11.2 Å². The van der Waals surface area contributed by atoms with Crippen molar-refractivity contribution in [3.63, 3.8) is 0 Å². The van der Waals surface area contributed by atoms with Crippen LogP contribution in [-0.4, -0.2) is 24.4 Å². The first-order chi connectivity index (χ1) is 17.0. The minimum Gasteiger partial charge on any atom is -0.493 e. The van der Waals surface area contributed by atoms with E-state index in [2.05, 4.69) is 12.2 Å². The summed E-state index contributed by atoms with van der Waals surface area (Å²) in [4.78, 5) is 23.1. The summed E-state index contributed by atoms with van der Waals surface area (Å²) in [6.07, 6.45) is 2.40. The summed E-state index contributed by atoms with van der Waals surface area (Å²) in [5.74, 6) is 1.42. The van der Waals surface area contributed by atoms with Crippen LogP contribution in [0.4, 0.5) is 9.18 Å². The van der Waals surface area contributed by atoms with E-state index in [0.29, 0.717) is 18.6 Å². The van der Waals surface area contributed by atoms with Crippen LogP contribution in [0.1, 0.15) is 36.1 Å². The Bertz CT molecular complexity index is 1190. The average Bonchev–Trinajstić information content (AvgIpc) is 3.20.